The third-order valence-corrected chi connectivity index (χ3v) is 5.33. The number of allylic oxidation sites excluding steroid dienone is 1. The second-order valence-electron chi connectivity index (χ2n) is 6.46. The normalized spacial score (nSPS) is 11.8. The number of nitriles is 1. The third kappa shape index (κ3) is 3.43. The Hall–Kier alpha value is -3.96. The van der Waals surface area contributed by atoms with Gasteiger partial charge in [0.05, 0.1) is 34.7 Å². The molecule has 0 fully saturated rings. The molecule has 3 aromatic heterocycles. The molecular formula is C22H15N5O2S. The van der Waals surface area contributed by atoms with E-state index < -0.39 is 0 Å². The predicted octanol–water partition coefficient (Wildman–Crippen LogP) is 5.26. The molecule has 0 radical (unpaired) electrons. The lowest BCUT2D eigenvalue weighted by Crippen LogP contribution is -1.84. The summed E-state index contributed by atoms with van der Waals surface area (Å²) in [6.45, 7) is 0. The molecule has 0 aliphatic heterocycles. The highest BCUT2D eigenvalue weighted by Gasteiger charge is 2.11. The lowest BCUT2D eigenvalue weighted by atomic mass is 10.2. The van der Waals surface area contributed by atoms with Crippen molar-refractivity contribution in [3.8, 4) is 11.8 Å². The molecule has 0 aliphatic rings. The van der Waals surface area contributed by atoms with Gasteiger partial charge in [0.15, 0.2) is 10.2 Å². The molecule has 0 spiro atoms. The van der Waals surface area contributed by atoms with E-state index in [2.05, 4.69) is 26.0 Å². The Bertz CT molecular complexity index is 1400. The molecule has 3 heterocycles. The summed E-state index contributed by atoms with van der Waals surface area (Å²) in [5, 5.41) is 11.0. The van der Waals surface area contributed by atoms with E-state index in [4.69, 9.17) is 9.15 Å². The number of furan rings is 1. The number of aromatic amines is 2. The monoisotopic (exact) mass is 413 g/mol. The summed E-state index contributed by atoms with van der Waals surface area (Å²) in [5.41, 5.74) is 3.80. The number of fused-ring (bicyclic) bond motifs is 2. The van der Waals surface area contributed by atoms with Crippen LogP contribution in [0.15, 0.2) is 69.3 Å². The third-order valence-electron chi connectivity index (χ3n) is 4.52. The largest absolute Gasteiger partial charge is 0.497 e. The zero-order valence-corrected chi connectivity index (χ0v) is 16.7. The first-order valence-electron chi connectivity index (χ1n) is 9.10. The van der Waals surface area contributed by atoms with Gasteiger partial charge in [0.25, 0.3) is 0 Å². The van der Waals surface area contributed by atoms with Crippen molar-refractivity contribution in [3.05, 3.63) is 66.2 Å². The van der Waals surface area contributed by atoms with E-state index in [1.807, 2.05) is 54.6 Å². The Morgan fingerprint density at radius 2 is 1.93 bits per heavy atom. The van der Waals surface area contributed by atoms with Crippen molar-refractivity contribution in [2.75, 3.05) is 7.11 Å². The standard InChI is InChI=1S/C22H15N5O2S/c1-28-14-6-8-18-19(11-14)25-21(24-18)13(12-23)10-15-7-9-20(29-15)30-22-26-16-4-2-3-5-17(16)27-22/h2-11H,1H3,(H,24,25)(H,26,27). The number of benzene rings is 2. The minimum absolute atomic E-state index is 0.375. The van der Waals surface area contributed by atoms with E-state index in [1.165, 1.54) is 11.8 Å². The number of nitrogens with one attached hydrogen (secondary N) is 2. The molecular weight excluding hydrogens is 398 g/mol. The fourth-order valence-electron chi connectivity index (χ4n) is 3.08. The molecule has 0 bridgehead atoms. The molecule has 146 valence electrons. The Morgan fingerprint density at radius 1 is 1.07 bits per heavy atom. The summed E-state index contributed by atoms with van der Waals surface area (Å²) in [6.07, 6.45) is 1.66. The van der Waals surface area contributed by atoms with Crippen LogP contribution < -0.4 is 4.74 Å². The number of rotatable bonds is 5. The number of hydrogen-bond donors (Lipinski definition) is 2. The van der Waals surface area contributed by atoms with Crippen molar-refractivity contribution >= 4 is 45.5 Å². The fraction of sp³-hybridized carbons (Fsp3) is 0.0455. The zero-order valence-electron chi connectivity index (χ0n) is 15.8. The van der Waals surface area contributed by atoms with Crippen LogP contribution in [-0.4, -0.2) is 27.0 Å². The lowest BCUT2D eigenvalue weighted by Gasteiger charge is -1.96. The maximum Gasteiger partial charge on any atom is 0.174 e. The minimum atomic E-state index is 0.375. The Morgan fingerprint density at radius 3 is 2.77 bits per heavy atom. The highest BCUT2D eigenvalue weighted by molar-refractivity contribution is 7.99. The quantitative estimate of drug-likeness (QED) is 0.381. The van der Waals surface area contributed by atoms with E-state index >= 15 is 0 Å². The number of nitrogens with zero attached hydrogens (tertiary/aromatic N) is 3. The topological polar surface area (TPSA) is 104 Å². The molecule has 5 rings (SSSR count). The predicted molar refractivity (Wildman–Crippen MR) is 115 cm³/mol. The van der Waals surface area contributed by atoms with Gasteiger partial charge in [0.2, 0.25) is 0 Å². The van der Waals surface area contributed by atoms with Crippen LogP contribution in [0, 0.1) is 11.3 Å². The number of ether oxygens (including phenoxy) is 1. The van der Waals surface area contributed by atoms with Crippen molar-refractivity contribution < 1.29 is 9.15 Å². The Kier molecular flexibility index (Phi) is 4.50. The lowest BCUT2D eigenvalue weighted by molar-refractivity contribution is 0.415. The molecule has 2 N–H and O–H groups in total. The summed E-state index contributed by atoms with van der Waals surface area (Å²) in [4.78, 5) is 15.4. The minimum Gasteiger partial charge on any atom is -0.497 e. The van der Waals surface area contributed by atoms with Crippen LogP contribution in [-0.2, 0) is 0 Å². The number of H-pyrrole nitrogens is 2. The van der Waals surface area contributed by atoms with Gasteiger partial charge in [-0.2, -0.15) is 5.26 Å². The van der Waals surface area contributed by atoms with E-state index in [-0.39, 0.29) is 0 Å². The molecule has 0 saturated heterocycles. The van der Waals surface area contributed by atoms with E-state index in [9.17, 15) is 5.26 Å². The van der Waals surface area contributed by atoms with Gasteiger partial charge in [-0.05, 0) is 48.2 Å². The molecule has 0 unspecified atom stereocenters. The first-order chi connectivity index (χ1) is 14.7. The molecule has 0 atom stereocenters. The van der Waals surface area contributed by atoms with Crippen LogP contribution in [0.5, 0.6) is 5.75 Å². The van der Waals surface area contributed by atoms with Gasteiger partial charge in [-0.1, -0.05) is 12.1 Å². The van der Waals surface area contributed by atoms with Crippen LogP contribution in [0.4, 0.5) is 0 Å². The molecule has 30 heavy (non-hydrogen) atoms. The first kappa shape index (κ1) is 18.1. The molecule has 7 nitrogen and oxygen atoms in total. The van der Waals surface area contributed by atoms with Crippen LogP contribution in [0.1, 0.15) is 11.6 Å². The highest BCUT2D eigenvalue weighted by Crippen LogP contribution is 2.30. The molecule has 5 aromatic rings. The van der Waals surface area contributed by atoms with Crippen molar-refractivity contribution in [1.82, 2.24) is 19.9 Å². The maximum atomic E-state index is 9.62. The Labute approximate surface area is 175 Å². The van der Waals surface area contributed by atoms with Gasteiger partial charge in [-0.25, -0.2) is 9.97 Å². The summed E-state index contributed by atoms with van der Waals surface area (Å²) >= 11 is 1.39. The average molecular weight is 413 g/mol. The summed E-state index contributed by atoms with van der Waals surface area (Å²) in [7, 11) is 1.61. The Balaban J connectivity index is 1.41. The van der Waals surface area contributed by atoms with E-state index in [1.54, 1.807) is 13.2 Å². The van der Waals surface area contributed by atoms with Crippen LogP contribution in [0.2, 0.25) is 0 Å². The second kappa shape index (κ2) is 7.46. The number of para-hydroxylation sites is 2. The summed E-state index contributed by atoms with van der Waals surface area (Å²) in [5.74, 6) is 1.75. The maximum absolute atomic E-state index is 9.62. The first-order valence-corrected chi connectivity index (χ1v) is 9.92. The summed E-state index contributed by atoms with van der Waals surface area (Å²) < 4.78 is 11.1. The van der Waals surface area contributed by atoms with E-state index in [0.717, 1.165) is 33.0 Å². The van der Waals surface area contributed by atoms with E-state index in [0.29, 0.717) is 22.3 Å². The van der Waals surface area contributed by atoms with Gasteiger partial charge in [-0.3, -0.25) is 0 Å². The van der Waals surface area contributed by atoms with Gasteiger partial charge in [-0.15, -0.1) is 0 Å². The molecule has 8 heteroatoms. The van der Waals surface area contributed by atoms with Crippen molar-refractivity contribution in [2.24, 2.45) is 0 Å². The number of aromatic nitrogens is 4. The number of hydrogen-bond acceptors (Lipinski definition) is 6. The molecule has 0 saturated carbocycles. The van der Waals surface area contributed by atoms with Gasteiger partial charge < -0.3 is 19.1 Å². The number of imidazole rings is 2. The van der Waals surface area contributed by atoms with Crippen molar-refractivity contribution in [3.63, 3.8) is 0 Å². The van der Waals surface area contributed by atoms with Gasteiger partial charge >= 0.3 is 0 Å². The average Bonchev–Trinajstić information content (AvgIpc) is 3.49. The van der Waals surface area contributed by atoms with Crippen molar-refractivity contribution in [1.29, 1.82) is 5.26 Å². The molecule has 0 amide bonds. The van der Waals surface area contributed by atoms with Gasteiger partial charge in [0.1, 0.15) is 23.4 Å². The zero-order chi connectivity index (χ0) is 20.5. The molecule has 2 aromatic carbocycles. The van der Waals surface area contributed by atoms with Crippen LogP contribution in [0.25, 0.3) is 33.7 Å². The summed E-state index contributed by atoms with van der Waals surface area (Å²) in [6, 6.07) is 19.2. The van der Waals surface area contributed by atoms with Crippen LogP contribution >= 0.6 is 11.8 Å². The number of methoxy groups -OCH3 is 1. The molecule has 0 aliphatic carbocycles. The smallest absolute Gasteiger partial charge is 0.174 e. The SMILES string of the molecule is COc1ccc2nc(C(C#N)=Cc3ccc(Sc4nc5ccccc5[nH]4)o3)[nH]c2c1. The van der Waals surface area contributed by atoms with Crippen molar-refractivity contribution in [2.45, 2.75) is 10.2 Å². The second-order valence-corrected chi connectivity index (χ2v) is 7.45. The highest BCUT2D eigenvalue weighted by atomic mass is 32.2. The van der Waals surface area contributed by atoms with Gasteiger partial charge in [0, 0.05) is 12.1 Å². The van der Waals surface area contributed by atoms with Crippen LogP contribution in [0.3, 0.4) is 0 Å². The fourth-order valence-corrected chi connectivity index (χ4v) is 3.85.